The lowest BCUT2D eigenvalue weighted by atomic mass is 9.95. The third kappa shape index (κ3) is 3.98. The van der Waals surface area contributed by atoms with E-state index in [1.165, 1.54) is 16.2 Å². The molecule has 134 valence electrons. The van der Waals surface area contributed by atoms with Crippen LogP contribution in [0.25, 0.3) is 0 Å². The van der Waals surface area contributed by atoms with Crippen LogP contribution in [0.4, 0.5) is 5.00 Å². The minimum atomic E-state index is -0.317. The number of rotatable bonds is 7. The molecule has 1 unspecified atom stereocenters. The molecule has 1 N–H and O–H groups in total. The first-order valence-corrected chi connectivity index (χ1v) is 9.71. The van der Waals surface area contributed by atoms with Gasteiger partial charge in [-0.2, -0.15) is 0 Å². The standard InChI is InChI=1S/C18H28N2O3S/c1-5-20(6-2)12(4)16(21)19-17-15(18(22)23-7-3)13-10-8-9-11-14(13)24-17/h12H,5-11H2,1-4H3,(H,19,21). The molecule has 0 aromatic carbocycles. The molecule has 1 atom stereocenters. The lowest BCUT2D eigenvalue weighted by molar-refractivity contribution is -0.120. The smallest absolute Gasteiger partial charge is 0.341 e. The van der Waals surface area contributed by atoms with Gasteiger partial charge in [0.15, 0.2) is 0 Å². The Hall–Kier alpha value is -1.40. The molecule has 0 bridgehead atoms. The molecule has 1 aliphatic rings. The molecule has 0 saturated carbocycles. The summed E-state index contributed by atoms with van der Waals surface area (Å²) in [5.74, 6) is -0.384. The summed E-state index contributed by atoms with van der Waals surface area (Å²) in [6, 6.07) is -0.228. The molecule has 0 radical (unpaired) electrons. The molecule has 1 aliphatic carbocycles. The topological polar surface area (TPSA) is 58.6 Å². The average Bonchev–Trinajstić information content (AvgIpc) is 2.93. The minimum absolute atomic E-state index is 0.0668. The first-order chi connectivity index (χ1) is 11.5. The van der Waals surface area contributed by atoms with Crippen LogP contribution in [-0.2, 0) is 22.4 Å². The van der Waals surface area contributed by atoms with Gasteiger partial charge in [0, 0.05) is 4.88 Å². The number of likely N-dealkylation sites (N-methyl/N-ethyl adjacent to an activating group) is 1. The summed E-state index contributed by atoms with van der Waals surface area (Å²) >= 11 is 1.54. The Morgan fingerprint density at radius 1 is 1.21 bits per heavy atom. The molecule has 0 aliphatic heterocycles. The van der Waals surface area contributed by atoms with Gasteiger partial charge < -0.3 is 10.1 Å². The van der Waals surface area contributed by atoms with Crippen LogP contribution in [0.2, 0.25) is 0 Å². The predicted molar refractivity (Wildman–Crippen MR) is 97.9 cm³/mol. The van der Waals surface area contributed by atoms with Crippen molar-refractivity contribution in [3.8, 4) is 0 Å². The molecule has 1 aromatic heterocycles. The quantitative estimate of drug-likeness (QED) is 0.764. The predicted octanol–water partition coefficient (Wildman–Crippen LogP) is 3.47. The summed E-state index contributed by atoms with van der Waals surface area (Å²) in [5, 5.41) is 3.65. The normalized spacial score (nSPS) is 15.0. The summed E-state index contributed by atoms with van der Waals surface area (Å²) in [4.78, 5) is 28.3. The van der Waals surface area contributed by atoms with Crippen molar-refractivity contribution < 1.29 is 14.3 Å². The molecule has 5 nitrogen and oxygen atoms in total. The monoisotopic (exact) mass is 352 g/mol. The van der Waals surface area contributed by atoms with E-state index in [1.807, 2.05) is 20.8 Å². The zero-order chi connectivity index (χ0) is 17.7. The van der Waals surface area contributed by atoms with Crippen LogP contribution in [0.5, 0.6) is 0 Å². The van der Waals surface area contributed by atoms with E-state index in [9.17, 15) is 9.59 Å². The van der Waals surface area contributed by atoms with E-state index in [0.717, 1.165) is 44.3 Å². The maximum atomic E-state index is 12.6. The Kier molecular flexibility index (Phi) is 6.80. The molecule has 1 aromatic rings. The lowest BCUT2D eigenvalue weighted by Crippen LogP contribution is -2.41. The molecule has 1 heterocycles. The first kappa shape index (κ1) is 18.9. The van der Waals surface area contributed by atoms with Crippen molar-refractivity contribution in [1.29, 1.82) is 0 Å². The molecule has 2 rings (SSSR count). The summed E-state index contributed by atoms with van der Waals surface area (Å²) in [6.45, 7) is 9.76. The lowest BCUT2D eigenvalue weighted by Gasteiger charge is -2.25. The SMILES string of the molecule is CCOC(=O)c1c(NC(=O)C(C)N(CC)CC)sc2c1CCCC2. The van der Waals surface area contributed by atoms with Crippen LogP contribution < -0.4 is 5.32 Å². The highest BCUT2D eigenvalue weighted by Crippen LogP contribution is 2.38. The second-order valence-electron chi connectivity index (χ2n) is 6.02. The van der Waals surface area contributed by atoms with Crippen molar-refractivity contribution in [2.75, 3.05) is 25.0 Å². The number of carbonyl (C=O) groups is 2. The number of anilines is 1. The van der Waals surface area contributed by atoms with E-state index in [1.54, 1.807) is 6.92 Å². The van der Waals surface area contributed by atoms with E-state index in [2.05, 4.69) is 10.2 Å². The molecule has 0 spiro atoms. The van der Waals surface area contributed by atoms with E-state index < -0.39 is 0 Å². The van der Waals surface area contributed by atoms with Gasteiger partial charge in [-0.1, -0.05) is 13.8 Å². The zero-order valence-electron chi connectivity index (χ0n) is 15.1. The van der Waals surface area contributed by atoms with Gasteiger partial charge in [0.25, 0.3) is 0 Å². The van der Waals surface area contributed by atoms with Crippen LogP contribution in [0.15, 0.2) is 0 Å². The fourth-order valence-corrected chi connectivity index (χ4v) is 4.51. The van der Waals surface area contributed by atoms with Gasteiger partial charge in [-0.15, -0.1) is 11.3 Å². The van der Waals surface area contributed by atoms with Crippen LogP contribution in [0.1, 0.15) is 61.3 Å². The third-order valence-corrected chi connectivity index (χ3v) is 5.83. The van der Waals surface area contributed by atoms with Gasteiger partial charge in [0.05, 0.1) is 18.2 Å². The number of thiophene rings is 1. The number of carbonyl (C=O) groups excluding carboxylic acids is 2. The number of nitrogens with one attached hydrogen (secondary N) is 1. The Morgan fingerprint density at radius 2 is 1.88 bits per heavy atom. The van der Waals surface area contributed by atoms with Gasteiger partial charge in [-0.25, -0.2) is 4.79 Å². The fraction of sp³-hybridized carbons (Fsp3) is 0.667. The Labute approximate surface area is 148 Å². The van der Waals surface area contributed by atoms with Crippen LogP contribution in [0, 0.1) is 0 Å². The Morgan fingerprint density at radius 3 is 2.50 bits per heavy atom. The summed E-state index contributed by atoms with van der Waals surface area (Å²) in [6.07, 6.45) is 4.09. The maximum Gasteiger partial charge on any atom is 0.341 e. The highest BCUT2D eigenvalue weighted by atomic mass is 32.1. The second kappa shape index (κ2) is 8.62. The van der Waals surface area contributed by atoms with Gasteiger partial charge in [0.2, 0.25) is 5.91 Å². The van der Waals surface area contributed by atoms with Crippen molar-refractivity contribution in [2.24, 2.45) is 0 Å². The van der Waals surface area contributed by atoms with Crippen molar-refractivity contribution in [1.82, 2.24) is 4.90 Å². The number of fused-ring (bicyclic) bond motifs is 1. The van der Waals surface area contributed by atoms with E-state index in [4.69, 9.17) is 4.74 Å². The number of esters is 1. The zero-order valence-corrected chi connectivity index (χ0v) is 15.9. The van der Waals surface area contributed by atoms with E-state index >= 15 is 0 Å². The molecule has 6 heteroatoms. The number of aryl methyl sites for hydroxylation is 1. The molecular formula is C18H28N2O3S. The van der Waals surface area contributed by atoms with Crippen molar-refractivity contribution in [2.45, 2.75) is 59.4 Å². The number of amides is 1. The van der Waals surface area contributed by atoms with Crippen molar-refractivity contribution >= 4 is 28.2 Å². The van der Waals surface area contributed by atoms with E-state index in [0.29, 0.717) is 17.2 Å². The van der Waals surface area contributed by atoms with Crippen LogP contribution in [-0.4, -0.2) is 42.5 Å². The van der Waals surface area contributed by atoms with Gasteiger partial charge >= 0.3 is 5.97 Å². The first-order valence-electron chi connectivity index (χ1n) is 8.89. The third-order valence-electron chi connectivity index (χ3n) is 4.63. The highest BCUT2D eigenvalue weighted by molar-refractivity contribution is 7.17. The average molecular weight is 353 g/mol. The summed E-state index contributed by atoms with van der Waals surface area (Å²) in [7, 11) is 0. The molecular weight excluding hydrogens is 324 g/mol. The molecule has 0 fully saturated rings. The fourth-order valence-electron chi connectivity index (χ4n) is 3.23. The molecule has 1 amide bonds. The van der Waals surface area contributed by atoms with Crippen LogP contribution >= 0.6 is 11.3 Å². The molecule has 0 saturated heterocycles. The minimum Gasteiger partial charge on any atom is -0.462 e. The Bertz CT molecular complexity index is 593. The number of nitrogens with zero attached hydrogens (tertiary/aromatic N) is 1. The van der Waals surface area contributed by atoms with Crippen molar-refractivity contribution in [3.63, 3.8) is 0 Å². The number of ether oxygens (including phenoxy) is 1. The Balaban J connectivity index is 2.27. The van der Waals surface area contributed by atoms with Crippen LogP contribution in [0.3, 0.4) is 0 Å². The summed E-state index contributed by atoms with van der Waals surface area (Å²) < 4.78 is 5.23. The van der Waals surface area contributed by atoms with Gasteiger partial charge in [-0.05, 0) is 58.2 Å². The highest BCUT2D eigenvalue weighted by Gasteiger charge is 2.28. The largest absolute Gasteiger partial charge is 0.462 e. The maximum absolute atomic E-state index is 12.6. The van der Waals surface area contributed by atoms with Gasteiger partial charge in [0.1, 0.15) is 5.00 Å². The molecule has 24 heavy (non-hydrogen) atoms. The van der Waals surface area contributed by atoms with Crippen molar-refractivity contribution in [3.05, 3.63) is 16.0 Å². The number of hydrogen-bond acceptors (Lipinski definition) is 5. The van der Waals surface area contributed by atoms with E-state index in [-0.39, 0.29) is 17.9 Å². The number of hydrogen-bond donors (Lipinski definition) is 1. The summed E-state index contributed by atoms with van der Waals surface area (Å²) in [5.41, 5.74) is 1.66. The second-order valence-corrected chi connectivity index (χ2v) is 7.13. The van der Waals surface area contributed by atoms with Gasteiger partial charge in [-0.3, -0.25) is 9.69 Å².